The Kier molecular flexibility index (Phi) is 11.9. The van der Waals surface area contributed by atoms with Crippen LogP contribution in [0.5, 0.6) is 0 Å². The third-order valence-corrected chi connectivity index (χ3v) is 8.69. The molecule has 14 heteroatoms. The molecule has 2 saturated heterocycles. The van der Waals surface area contributed by atoms with Gasteiger partial charge in [-0.1, -0.05) is 11.6 Å². The number of anilines is 2. The highest BCUT2D eigenvalue weighted by Gasteiger charge is 2.41. The average molecular weight is 648 g/mol. The summed E-state index contributed by atoms with van der Waals surface area (Å²) in [5, 5.41) is 15.9. The molecule has 1 aromatic carbocycles. The normalized spacial score (nSPS) is 20.3. The van der Waals surface area contributed by atoms with Crippen LogP contribution in [0.3, 0.4) is 0 Å². The van der Waals surface area contributed by atoms with E-state index in [1.165, 1.54) is 42.2 Å². The van der Waals surface area contributed by atoms with E-state index in [-0.39, 0.29) is 29.7 Å². The van der Waals surface area contributed by atoms with E-state index < -0.39 is 11.2 Å². The maximum Gasteiger partial charge on any atom is 0.313 e. The number of ether oxygens (including phenoxy) is 1. The molecule has 0 radical (unpaired) electrons. The zero-order valence-corrected chi connectivity index (χ0v) is 26.2. The number of aliphatic hydroxyl groups excluding tert-OH is 1. The quantitative estimate of drug-likeness (QED) is 0.161. The highest BCUT2D eigenvalue weighted by molar-refractivity contribution is 8.03. The number of aliphatic hydroxyl groups is 1. The molecule has 0 bridgehead atoms. The minimum Gasteiger partial charge on any atom is -0.465 e. The minimum absolute atomic E-state index is 0.0856. The number of nitrogens with one attached hydrogen (secondary N) is 2. The van der Waals surface area contributed by atoms with E-state index in [4.69, 9.17) is 27.8 Å². The van der Waals surface area contributed by atoms with Crippen molar-refractivity contribution in [2.24, 2.45) is 16.9 Å². The van der Waals surface area contributed by atoms with Gasteiger partial charge in [0, 0.05) is 85.7 Å². The first-order valence-electron chi connectivity index (χ1n) is 14.4. The average Bonchev–Trinajstić information content (AvgIpc) is 3.33. The van der Waals surface area contributed by atoms with Gasteiger partial charge >= 0.3 is 5.97 Å². The van der Waals surface area contributed by atoms with Gasteiger partial charge in [-0.3, -0.25) is 14.5 Å². The van der Waals surface area contributed by atoms with Crippen molar-refractivity contribution in [2.45, 2.75) is 19.8 Å². The number of nitrogens with two attached hydrogens (primary N) is 2. The zero-order chi connectivity index (χ0) is 31.7. The van der Waals surface area contributed by atoms with Crippen molar-refractivity contribution >= 4 is 52.4 Å². The van der Waals surface area contributed by atoms with Crippen LogP contribution in [0.1, 0.15) is 25.3 Å². The minimum atomic E-state index is -0.537. The smallest absolute Gasteiger partial charge is 0.313 e. The lowest BCUT2D eigenvalue weighted by atomic mass is 9.88. The van der Waals surface area contributed by atoms with Gasteiger partial charge in [0.25, 0.3) is 0 Å². The van der Waals surface area contributed by atoms with Crippen molar-refractivity contribution in [3.8, 4) is 0 Å². The molecular formula is C30H39ClFN7O4S. The fourth-order valence-electron chi connectivity index (χ4n) is 5.00. The molecule has 0 spiro atoms. The molecule has 2 aromatic rings. The van der Waals surface area contributed by atoms with E-state index in [1.54, 1.807) is 12.1 Å². The Labute approximate surface area is 265 Å². The number of allylic oxidation sites excluding steroid dienone is 1. The molecule has 2 aliphatic heterocycles. The topological polar surface area (TPSA) is 159 Å². The molecule has 0 aliphatic carbocycles. The van der Waals surface area contributed by atoms with Crippen LogP contribution in [0.15, 0.2) is 53.3 Å². The summed E-state index contributed by atoms with van der Waals surface area (Å²) in [5.41, 5.74) is 13.2. The van der Waals surface area contributed by atoms with E-state index in [0.717, 1.165) is 32.6 Å². The zero-order valence-electron chi connectivity index (χ0n) is 24.7. The fraction of sp³-hybridized carbons (Fsp3) is 0.433. The summed E-state index contributed by atoms with van der Waals surface area (Å²) in [6.45, 7) is 6.96. The number of cyclic esters (lactones) is 1. The number of carbonyl (C=O) groups is 2. The number of nitrogens with zero attached hydrogens (tertiary/aromatic N) is 3. The van der Waals surface area contributed by atoms with Crippen LogP contribution in [0.25, 0.3) is 5.70 Å². The number of hydrogen-bond acceptors (Lipinski definition) is 11. The standard InChI is InChI=1S/C30H39ClFN7O4S/c1-30(6-14-43-29(30)42)19-39-11-9-38(10-12-39)8-5-27(41)37-26-17-21(4-7-35-26)36-25(28(34)44-15-13-40)18-24(33)22-16-20(31)2-3-23(22)32/h2-4,7,16-18,40H,5-6,8-15,19,33-34H2,1H3,(H2,35,36,37,41)/b24-18-,28-25-. The lowest BCUT2D eigenvalue weighted by molar-refractivity contribution is -0.146. The van der Waals surface area contributed by atoms with Crippen LogP contribution in [-0.4, -0.2) is 90.0 Å². The van der Waals surface area contributed by atoms with Gasteiger partial charge in [-0.15, -0.1) is 11.8 Å². The summed E-state index contributed by atoms with van der Waals surface area (Å²) in [6, 6.07) is 7.42. The number of aromatic nitrogens is 1. The lowest BCUT2D eigenvalue weighted by Gasteiger charge is -2.37. The molecule has 1 unspecified atom stereocenters. The first kappa shape index (κ1) is 33.5. The van der Waals surface area contributed by atoms with E-state index in [1.807, 2.05) is 6.92 Å². The number of piperazine rings is 1. The SMILES string of the molecule is CC1(CN2CCN(CCC(=O)Nc3cc(NC(/C=C(\N)c4cc(Cl)ccc4F)=C(/N)SCCO)ccn3)CC2)CCOC1=O. The van der Waals surface area contributed by atoms with Crippen molar-refractivity contribution in [3.63, 3.8) is 0 Å². The summed E-state index contributed by atoms with van der Waals surface area (Å²) >= 11 is 7.24. The van der Waals surface area contributed by atoms with Crippen molar-refractivity contribution in [1.82, 2.24) is 14.8 Å². The van der Waals surface area contributed by atoms with Crippen LogP contribution in [-0.2, 0) is 14.3 Å². The van der Waals surface area contributed by atoms with E-state index in [2.05, 4.69) is 25.4 Å². The third-order valence-electron chi connectivity index (χ3n) is 7.53. The molecule has 238 valence electrons. The number of amides is 1. The largest absolute Gasteiger partial charge is 0.465 e. The summed E-state index contributed by atoms with van der Waals surface area (Å²) in [7, 11) is 0. The van der Waals surface area contributed by atoms with Gasteiger partial charge in [-0.25, -0.2) is 9.37 Å². The summed E-state index contributed by atoms with van der Waals surface area (Å²) < 4.78 is 19.6. The maximum atomic E-state index is 14.4. The summed E-state index contributed by atoms with van der Waals surface area (Å²) in [6.07, 6.45) is 4.07. The molecule has 3 heterocycles. The Balaban J connectivity index is 1.33. The van der Waals surface area contributed by atoms with E-state index >= 15 is 0 Å². The molecule has 1 aromatic heterocycles. The Morgan fingerprint density at radius 3 is 2.66 bits per heavy atom. The summed E-state index contributed by atoms with van der Waals surface area (Å²) in [4.78, 5) is 33.6. The van der Waals surface area contributed by atoms with Gasteiger partial charge in [-0.05, 0) is 43.7 Å². The molecule has 44 heavy (non-hydrogen) atoms. The second kappa shape index (κ2) is 15.6. The number of thioether (sulfide) groups is 1. The number of rotatable bonds is 13. The summed E-state index contributed by atoms with van der Waals surface area (Å²) in [5.74, 6) is -0.135. The predicted octanol–water partition coefficient (Wildman–Crippen LogP) is 3.04. The Morgan fingerprint density at radius 2 is 1.95 bits per heavy atom. The molecule has 1 amide bonds. The van der Waals surface area contributed by atoms with Gasteiger partial charge in [0.1, 0.15) is 11.6 Å². The van der Waals surface area contributed by atoms with Crippen LogP contribution in [0.2, 0.25) is 5.02 Å². The second-order valence-corrected chi connectivity index (χ2v) is 12.6. The first-order chi connectivity index (χ1) is 21.1. The molecule has 1 atom stereocenters. The van der Waals surface area contributed by atoms with Crippen LogP contribution in [0.4, 0.5) is 15.9 Å². The van der Waals surface area contributed by atoms with Gasteiger partial charge in [-0.2, -0.15) is 0 Å². The van der Waals surface area contributed by atoms with E-state index in [0.29, 0.717) is 59.1 Å². The monoisotopic (exact) mass is 647 g/mol. The van der Waals surface area contributed by atoms with Crippen molar-refractivity contribution in [1.29, 1.82) is 0 Å². The molecule has 0 saturated carbocycles. The molecule has 7 N–H and O–H groups in total. The van der Waals surface area contributed by atoms with Crippen molar-refractivity contribution in [3.05, 3.63) is 69.7 Å². The Bertz CT molecular complexity index is 1400. The first-order valence-corrected chi connectivity index (χ1v) is 15.7. The van der Waals surface area contributed by atoms with E-state index in [9.17, 15) is 19.1 Å². The number of benzene rings is 1. The maximum absolute atomic E-state index is 14.4. The molecule has 4 rings (SSSR count). The Morgan fingerprint density at radius 1 is 1.20 bits per heavy atom. The number of hydrogen-bond donors (Lipinski definition) is 5. The molecule has 2 fully saturated rings. The number of esters is 1. The third kappa shape index (κ3) is 9.32. The lowest BCUT2D eigenvalue weighted by Crippen LogP contribution is -2.50. The van der Waals surface area contributed by atoms with Crippen molar-refractivity contribution in [2.75, 3.05) is 68.9 Å². The van der Waals surface area contributed by atoms with Crippen LogP contribution in [0, 0.1) is 11.2 Å². The fourth-order valence-corrected chi connectivity index (χ4v) is 5.75. The van der Waals surface area contributed by atoms with Gasteiger partial charge in [0.05, 0.1) is 29.4 Å². The van der Waals surface area contributed by atoms with Crippen LogP contribution >= 0.6 is 23.4 Å². The molecule has 2 aliphatic rings. The van der Waals surface area contributed by atoms with Crippen molar-refractivity contribution < 1.29 is 23.8 Å². The number of carbonyl (C=O) groups excluding carboxylic acids is 2. The van der Waals surface area contributed by atoms with Gasteiger partial charge < -0.3 is 36.8 Å². The molecular weight excluding hydrogens is 609 g/mol. The Hall–Kier alpha value is -3.36. The highest BCUT2D eigenvalue weighted by atomic mass is 35.5. The second-order valence-electron chi connectivity index (χ2n) is 11.0. The van der Waals surface area contributed by atoms with Gasteiger partial charge in [0.15, 0.2) is 0 Å². The highest BCUT2D eigenvalue weighted by Crippen LogP contribution is 2.31. The molecule has 11 nitrogen and oxygen atoms in total. The van der Waals surface area contributed by atoms with Gasteiger partial charge in [0.2, 0.25) is 5.91 Å². The predicted molar refractivity (Wildman–Crippen MR) is 172 cm³/mol. The number of pyridine rings is 1. The number of halogens is 2. The van der Waals surface area contributed by atoms with Crippen LogP contribution < -0.4 is 22.1 Å².